The molecule has 0 aliphatic rings. The van der Waals surface area contributed by atoms with Gasteiger partial charge < -0.3 is 9.67 Å². The van der Waals surface area contributed by atoms with Gasteiger partial charge in [-0.3, -0.25) is 0 Å². The highest BCUT2D eigenvalue weighted by atomic mass is 16.3. The summed E-state index contributed by atoms with van der Waals surface area (Å²) in [5.74, 6) is 1.05. The molecule has 1 rings (SSSR count). The third kappa shape index (κ3) is 1.60. The topological polar surface area (TPSA) is 38.0 Å². The van der Waals surface area contributed by atoms with Gasteiger partial charge in [0.15, 0.2) is 0 Å². The number of imidazole rings is 1. The number of nitrogens with zero attached hydrogens (tertiary/aromatic N) is 2. The summed E-state index contributed by atoms with van der Waals surface area (Å²) in [7, 11) is 0. The lowest BCUT2D eigenvalue weighted by Gasteiger charge is -2.05. The molecule has 3 nitrogen and oxygen atoms in total. The lowest BCUT2D eigenvalue weighted by Crippen LogP contribution is -2.07. The number of aliphatic hydroxyl groups is 1. The molecule has 0 amide bonds. The maximum atomic E-state index is 8.73. The van der Waals surface area contributed by atoms with E-state index in [0.29, 0.717) is 6.54 Å². The Balaban J connectivity index is 2.88. The lowest BCUT2D eigenvalue weighted by molar-refractivity contribution is 0.273. The predicted molar refractivity (Wildman–Crippen MR) is 43.4 cm³/mol. The van der Waals surface area contributed by atoms with Crippen molar-refractivity contribution in [2.45, 2.75) is 26.8 Å². The summed E-state index contributed by atoms with van der Waals surface area (Å²) in [6.45, 7) is 4.91. The van der Waals surface area contributed by atoms with Gasteiger partial charge in [-0.25, -0.2) is 4.98 Å². The fourth-order valence-electron chi connectivity index (χ4n) is 1.20. The second-order valence-electron chi connectivity index (χ2n) is 2.54. The summed E-state index contributed by atoms with van der Waals surface area (Å²) in [6, 6.07) is 0. The Morgan fingerprint density at radius 1 is 1.64 bits per heavy atom. The summed E-state index contributed by atoms with van der Waals surface area (Å²) >= 11 is 0. The Bertz CT molecular complexity index is 230. The van der Waals surface area contributed by atoms with E-state index in [1.165, 1.54) is 0 Å². The average Bonchev–Trinajstić information content (AvgIpc) is 2.34. The van der Waals surface area contributed by atoms with Gasteiger partial charge in [0.25, 0.3) is 0 Å². The van der Waals surface area contributed by atoms with Crippen LogP contribution in [-0.2, 0) is 13.0 Å². The first-order valence-electron chi connectivity index (χ1n) is 3.91. The highest BCUT2D eigenvalue weighted by molar-refractivity contribution is 5.02. The number of aromatic nitrogens is 2. The highest BCUT2D eigenvalue weighted by Crippen LogP contribution is 2.03. The van der Waals surface area contributed by atoms with Crippen molar-refractivity contribution < 1.29 is 5.11 Å². The Kier molecular flexibility index (Phi) is 2.65. The Morgan fingerprint density at radius 3 is 2.91 bits per heavy atom. The van der Waals surface area contributed by atoms with E-state index in [2.05, 4.69) is 11.9 Å². The maximum Gasteiger partial charge on any atom is 0.108 e. The smallest absolute Gasteiger partial charge is 0.108 e. The molecule has 0 aliphatic carbocycles. The molecule has 1 N–H and O–H groups in total. The zero-order chi connectivity index (χ0) is 8.27. The van der Waals surface area contributed by atoms with Crippen LogP contribution in [0, 0.1) is 6.92 Å². The van der Waals surface area contributed by atoms with Crippen LogP contribution in [0.25, 0.3) is 0 Å². The van der Waals surface area contributed by atoms with Gasteiger partial charge in [-0.1, -0.05) is 6.92 Å². The van der Waals surface area contributed by atoms with Crippen molar-refractivity contribution in [3.8, 4) is 0 Å². The Hall–Kier alpha value is -0.830. The molecule has 0 saturated carbocycles. The SMILES string of the molecule is CCc1ncc(C)n1CCO. The normalized spacial score (nSPS) is 10.5. The fraction of sp³-hybridized carbons (Fsp3) is 0.625. The minimum atomic E-state index is 0.185. The first-order valence-corrected chi connectivity index (χ1v) is 3.91. The average molecular weight is 154 g/mol. The van der Waals surface area contributed by atoms with Crippen LogP contribution in [0.2, 0.25) is 0 Å². The zero-order valence-electron chi connectivity index (χ0n) is 7.04. The van der Waals surface area contributed by atoms with Crippen molar-refractivity contribution in [2.24, 2.45) is 0 Å². The van der Waals surface area contributed by atoms with Gasteiger partial charge in [-0.15, -0.1) is 0 Å². The van der Waals surface area contributed by atoms with E-state index < -0.39 is 0 Å². The van der Waals surface area contributed by atoms with Gasteiger partial charge in [0, 0.05) is 24.9 Å². The van der Waals surface area contributed by atoms with Crippen LogP contribution in [0.5, 0.6) is 0 Å². The Morgan fingerprint density at radius 2 is 2.36 bits per heavy atom. The number of hydrogen-bond acceptors (Lipinski definition) is 2. The summed E-state index contributed by atoms with van der Waals surface area (Å²) in [5, 5.41) is 8.73. The Labute approximate surface area is 66.7 Å². The minimum Gasteiger partial charge on any atom is -0.395 e. The molecule has 1 heterocycles. The minimum absolute atomic E-state index is 0.185. The van der Waals surface area contributed by atoms with E-state index in [1.54, 1.807) is 0 Å². The first-order chi connectivity index (χ1) is 5.29. The highest BCUT2D eigenvalue weighted by Gasteiger charge is 2.02. The molecule has 62 valence electrons. The van der Waals surface area contributed by atoms with E-state index in [0.717, 1.165) is 17.9 Å². The van der Waals surface area contributed by atoms with Crippen LogP contribution in [0.1, 0.15) is 18.4 Å². The summed E-state index contributed by atoms with van der Waals surface area (Å²) in [6.07, 6.45) is 2.77. The molecule has 0 spiro atoms. The standard InChI is InChI=1S/C8H14N2O/c1-3-8-9-6-7(2)10(8)4-5-11/h6,11H,3-5H2,1-2H3. The number of hydrogen-bond donors (Lipinski definition) is 1. The largest absolute Gasteiger partial charge is 0.395 e. The maximum absolute atomic E-state index is 8.73. The van der Waals surface area contributed by atoms with Crippen LogP contribution in [0.15, 0.2) is 6.20 Å². The lowest BCUT2D eigenvalue weighted by atomic mass is 10.4. The van der Waals surface area contributed by atoms with Crippen LogP contribution >= 0.6 is 0 Å². The second kappa shape index (κ2) is 3.53. The number of rotatable bonds is 3. The third-order valence-electron chi connectivity index (χ3n) is 1.78. The van der Waals surface area contributed by atoms with Crippen molar-refractivity contribution in [1.82, 2.24) is 9.55 Å². The molecule has 11 heavy (non-hydrogen) atoms. The summed E-state index contributed by atoms with van der Waals surface area (Å²) < 4.78 is 2.04. The van der Waals surface area contributed by atoms with Gasteiger partial charge in [0.2, 0.25) is 0 Å². The molecule has 0 bridgehead atoms. The molecular weight excluding hydrogens is 140 g/mol. The fourth-order valence-corrected chi connectivity index (χ4v) is 1.20. The van der Waals surface area contributed by atoms with Crippen molar-refractivity contribution in [2.75, 3.05) is 6.61 Å². The number of aliphatic hydroxyl groups excluding tert-OH is 1. The first kappa shape index (κ1) is 8.27. The van der Waals surface area contributed by atoms with E-state index in [9.17, 15) is 0 Å². The molecule has 0 saturated heterocycles. The second-order valence-corrected chi connectivity index (χ2v) is 2.54. The van der Waals surface area contributed by atoms with Crippen LogP contribution < -0.4 is 0 Å². The van der Waals surface area contributed by atoms with E-state index in [1.807, 2.05) is 17.7 Å². The van der Waals surface area contributed by atoms with E-state index >= 15 is 0 Å². The van der Waals surface area contributed by atoms with Crippen molar-refractivity contribution >= 4 is 0 Å². The monoisotopic (exact) mass is 154 g/mol. The molecule has 0 aliphatic heterocycles. The zero-order valence-corrected chi connectivity index (χ0v) is 7.04. The van der Waals surface area contributed by atoms with Crippen LogP contribution in [0.4, 0.5) is 0 Å². The third-order valence-corrected chi connectivity index (χ3v) is 1.78. The van der Waals surface area contributed by atoms with Gasteiger partial charge in [0.1, 0.15) is 5.82 Å². The van der Waals surface area contributed by atoms with E-state index in [-0.39, 0.29) is 6.61 Å². The molecule has 0 aromatic carbocycles. The van der Waals surface area contributed by atoms with Crippen LogP contribution in [0.3, 0.4) is 0 Å². The van der Waals surface area contributed by atoms with Crippen molar-refractivity contribution in [3.63, 3.8) is 0 Å². The molecule has 1 aromatic heterocycles. The van der Waals surface area contributed by atoms with E-state index in [4.69, 9.17) is 5.11 Å². The van der Waals surface area contributed by atoms with Crippen molar-refractivity contribution in [1.29, 1.82) is 0 Å². The molecule has 0 atom stereocenters. The molecule has 0 unspecified atom stereocenters. The van der Waals surface area contributed by atoms with Crippen molar-refractivity contribution in [3.05, 3.63) is 17.7 Å². The molecular formula is C8H14N2O. The molecule has 1 aromatic rings. The molecule has 0 radical (unpaired) electrons. The quantitative estimate of drug-likeness (QED) is 0.697. The van der Waals surface area contributed by atoms with Gasteiger partial charge in [-0.2, -0.15) is 0 Å². The predicted octanol–water partition coefficient (Wildman–Crippen LogP) is 0.746. The van der Waals surface area contributed by atoms with Gasteiger partial charge >= 0.3 is 0 Å². The van der Waals surface area contributed by atoms with Crippen LogP contribution in [-0.4, -0.2) is 21.3 Å². The molecule has 0 fully saturated rings. The number of aryl methyl sites for hydroxylation is 2. The van der Waals surface area contributed by atoms with Gasteiger partial charge in [0.05, 0.1) is 6.61 Å². The summed E-state index contributed by atoms with van der Waals surface area (Å²) in [4.78, 5) is 4.20. The van der Waals surface area contributed by atoms with Gasteiger partial charge in [-0.05, 0) is 6.92 Å². The molecule has 3 heteroatoms. The summed E-state index contributed by atoms with van der Waals surface area (Å²) in [5.41, 5.74) is 1.12.